The van der Waals surface area contributed by atoms with E-state index in [0.717, 1.165) is 26.1 Å². The normalized spacial score (nSPS) is 14.0. The summed E-state index contributed by atoms with van der Waals surface area (Å²) in [7, 11) is 0. The van der Waals surface area contributed by atoms with Gasteiger partial charge < -0.3 is 14.4 Å². The molecule has 34 heavy (non-hydrogen) atoms. The van der Waals surface area contributed by atoms with Gasteiger partial charge in [-0.3, -0.25) is 14.9 Å². The van der Waals surface area contributed by atoms with Gasteiger partial charge in [0.25, 0.3) is 5.69 Å². The molecular formula is C22H21N7O3S2. The molecular weight excluding hydrogens is 474 g/mol. The average Bonchev–Trinajstić information content (AvgIpc) is 3.49. The van der Waals surface area contributed by atoms with Gasteiger partial charge in [0.2, 0.25) is 5.91 Å². The molecule has 2 aromatic carbocycles. The van der Waals surface area contributed by atoms with Gasteiger partial charge in [0.05, 0.1) is 27.4 Å². The van der Waals surface area contributed by atoms with Crippen molar-refractivity contribution in [3.63, 3.8) is 0 Å². The number of thiazole rings is 1. The standard InChI is InChI=1S/C22H21N7O3S2/c30-20(14-33-22-25-23-15-28(22)13-16-4-2-1-3-5-16)26-8-10-27(11-9-26)21-24-18-7-6-17(29(31)32)12-19(18)34-21/h1-7,12,15H,8-11,13-14H2. The first kappa shape index (κ1) is 22.3. The van der Waals surface area contributed by atoms with Gasteiger partial charge >= 0.3 is 0 Å². The highest BCUT2D eigenvalue weighted by atomic mass is 32.2. The SMILES string of the molecule is O=C(CSc1nncn1Cc1ccccc1)N1CCN(c2nc3ccc([N+](=O)[O-])cc3s2)CC1. The van der Waals surface area contributed by atoms with Crippen LogP contribution in [0.4, 0.5) is 10.8 Å². The van der Waals surface area contributed by atoms with Crippen LogP contribution in [0.25, 0.3) is 10.2 Å². The molecule has 0 spiro atoms. The summed E-state index contributed by atoms with van der Waals surface area (Å²) >= 11 is 2.84. The number of amides is 1. The van der Waals surface area contributed by atoms with Crippen molar-refractivity contribution in [1.29, 1.82) is 0 Å². The third kappa shape index (κ3) is 4.87. The summed E-state index contributed by atoms with van der Waals surface area (Å²) in [4.78, 5) is 32.0. The zero-order valence-electron chi connectivity index (χ0n) is 18.1. The maximum Gasteiger partial charge on any atom is 0.270 e. The van der Waals surface area contributed by atoms with Crippen LogP contribution in [0, 0.1) is 10.1 Å². The van der Waals surface area contributed by atoms with Crippen molar-refractivity contribution in [3.05, 3.63) is 70.5 Å². The smallest absolute Gasteiger partial charge is 0.270 e. The van der Waals surface area contributed by atoms with Crippen LogP contribution in [0.2, 0.25) is 0 Å². The zero-order valence-corrected chi connectivity index (χ0v) is 19.7. The number of non-ortho nitro benzene ring substituents is 1. The molecule has 10 nitrogen and oxygen atoms in total. The van der Waals surface area contributed by atoms with Crippen molar-refractivity contribution < 1.29 is 9.72 Å². The van der Waals surface area contributed by atoms with Gasteiger partial charge in [-0.15, -0.1) is 10.2 Å². The summed E-state index contributed by atoms with van der Waals surface area (Å²) in [5.74, 6) is 0.372. The van der Waals surface area contributed by atoms with E-state index in [9.17, 15) is 14.9 Å². The van der Waals surface area contributed by atoms with Crippen molar-refractivity contribution >= 4 is 50.0 Å². The number of hydrogen-bond donors (Lipinski definition) is 0. The molecule has 0 aliphatic carbocycles. The molecule has 1 fully saturated rings. The lowest BCUT2D eigenvalue weighted by Crippen LogP contribution is -2.49. The second-order valence-corrected chi connectivity index (χ2v) is 9.74. The highest BCUT2D eigenvalue weighted by Gasteiger charge is 2.24. The van der Waals surface area contributed by atoms with Crippen LogP contribution >= 0.6 is 23.1 Å². The second kappa shape index (κ2) is 9.77. The number of nitro groups is 1. The molecule has 0 atom stereocenters. The minimum Gasteiger partial charge on any atom is -0.345 e. The summed E-state index contributed by atoms with van der Waals surface area (Å²) < 4.78 is 2.74. The minimum atomic E-state index is -0.397. The summed E-state index contributed by atoms with van der Waals surface area (Å²) in [5, 5.41) is 20.7. The van der Waals surface area contributed by atoms with Crippen LogP contribution in [0.3, 0.4) is 0 Å². The van der Waals surface area contributed by atoms with Gasteiger partial charge in [-0.1, -0.05) is 53.4 Å². The Morgan fingerprint density at radius 2 is 1.91 bits per heavy atom. The summed E-state index contributed by atoms with van der Waals surface area (Å²) in [6.07, 6.45) is 1.69. The van der Waals surface area contributed by atoms with Crippen molar-refractivity contribution in [2.24, 2.45) is 0 Å². The fourth-order valence-corrected chi connectivity index (χ4v) is 5.63. The largest absolute Gasteiger partial charge is 0.345 e. The molecule has 3 heterocycles. The molecule has 2 aromatic heterocycles. The van der Waals surface area contributed by atoms with Crippen molar-refractivity contribution in [1.82, 2.24) is 24.6 Å². The maximum atomic E-state index is 12.8. The molecule has 0 unspecified atom stereocenters. The van der Waals surface area contributed by atoms with Crippen LogP contribution in [-0.4, -0.2) is 67.4 Å². The third-order valence-corrected chi connectivity index (χ3v) is 7.62. The van der Waals surface area contributed by atoms with Gasteiger partial charge in [0, 0.05) is 38.3 Å². The van der Waals surface area contributed by atoms with Crippen molar-refractivity contribution in [2.75, 3.05) is 36.8 Å². The van der Waals surface area contributed by atoms with E-state index >= 15 is 0 Å². The van der Waals surface area contributed by atoms with E-state index in [-0.39, 0.29) is 11.6 Å². The Balaban J connectivity index is 1.15. The predicted octanol–water partition coefficient (Wildman–Crippen LogP) is 3.29. The van der Waals surface area contributed by atoms with E-state index in [1.54, 1.807) is 18.5 Å². The van der Waals surface area contributed by atoms with Gasteiger partial charge in [0.1, 0.15) is 6.33 Å². The molecule has 0 saturated carbocycles. The maximum absolute atomic E-state index is 12.8. The fraction of sp³-hybridized carbons (Fsp3) is 0.273. The van der Waals surface area contributed by atoms with E-state index in [2.05, 4.69) is 20.1 Å². The van der Waals surface area contributed by atoms with Gasteiger partial charge in [-0.25, -0.2) is 4.98 Å². The number of carbonyl (C=O) groups is 1. The Hall–Kier alpha value is -3.51. The first-order valence-electron chi connectivity index (χ1n) is 10.7. The van der Waals surface area contributed by atoms with Crippen LogP contribution in [0.5, 0.6) is 0 Å². The lowest BCUT2D eigenvalue weighted by Gasteiger charge is -2.34. The van der Waals surface area contributed by atoms with Crippen LogP contribution < -0.4 is 4.90 Å². The number of piperazine rings is 1. The van der Waals surface area contributed by atoms with Crippen LogP contribution in [0.15, 0.2) is 60.0 Å². The van der Waals surface area contributed by atoms with Crippen molar-refractivity contribution in [2.45, 2.75) is 11.7 Å². The Morgan fingerprint density at radius 1 is 1.12 bits per heavy atom. The molecule has 12 heteroatoms. The van der Waals surface area contributed by atoms with E-state index in [4.69, 9.17) is 0 Å². The summed E-state index contributed by atoms with van der Waals surface area (Å²) in [6.45, 7) is 3.21. The topological polar surface area (TPSA) is 110 Å². The molecule has 174 valence electrons. The Kier molecular flexibility index (Phi) is 6.41. The lowest BCUT2D eigenvalue weighted by molar-refractivity contribution is -0.384. The second-order valence-electron chi connectivity index (χ2n) is 7.79. The van der Waals surface area contributed by atoms with Crippen LogP contribution in [0.1, 0.15) is 5.56 Å². The number of nitro benzene ring substituents is 1. The van der Waals surface area contributed by atoms with Crippen molar-refractivity contribution in [3.8, 4) is 0 Å². The highest BCUT2D eigenvalue weighted by Crippen LogP contribution is 2.32. The lowest BCUT2D eigenvalue weighted by atomic mass is 10.2. The number of anilines is 1. The first-order chi connectivity index (χ1) is 16.6. The molecule has 0 bridgehead atoms. The Labute approximate surface area is 203 Å². The molecule has 1 saturated heterocycles. The summed E-state index contributed by atoms with van der Waals surface area (Å²) in [6, 6.07) is 14.8. The minimum absolute atomic E-state index is 0.0650. The highest BCUT2D eigenvalue weighted by molar-refractivity contribution is 7.99. The number of benzene rings is 2. The van der Waals surface area contributed by atoms with E-state index in [0.29, 0.717) is 38.5 Å². The van der Waals surface area contributed by atoms with Gasteiger partial charge in [0.15, 0.2) is 10.3 Å². The quantitative estimate of drug-likeness (QED) is 0.218. The molecule has 0 radical (unpaired) electrons. The number of thioether (sulfide) groups is 1. The fourth-order valence-electron chi connectivity index (χ4n) is 3.76. The van der Waals surface area contributed by atoms with Gasteiger partial charge in [-0.2, -0.15) is 0 Å². The number of hydrogen-bond acceptors (Lipinski definition) is 9. The Morgan fingerprint density at radius 3 is 2.68 bits per heavy atom. The number of nitrogens with zero attached hydrogens (tertiary/aromatic N) is 7. The van der Waals surface area contributed by atoms with E-state index < -0.39 is 4.92 Å². The number of aromatic nitrogens is 4. The van der Waals surface area contributed by atoms with Gasteiger partial charge in [-0.05, 0) is 11.6 Å². The third-order valence-electron chi connectivity index (χ3n) is 5.57. The number of carbonyl (C=O) groups excluding carboxylic acids is 1. The molecule has 1 aliphatic heterocycles. The van der Waals surface area contributed by atoms with E-state index in [1.807, 2.05) is 39.8 Å². The Bertz CT molecular complexity index is 1320. The van der Waals surface area contributed by atoms with E-state index in [1.165, 1.54) is 29.2 Å². The number of rotatable bonds is 7. The zero-order chi connectivity index (χ0) is 23.5. The summed E-state index contributed by atoms with van der Waals surface area (Å²) in [5.41, 5.74) is 1.96. The average molecular weight is 496 g/mol. The molecule has 1 amide bonds. The molecule has 5 rings (SSSR count). The molecule has 0 N–H and O–H groups in total. The molecule has 4 aromatic rings. The monoisotopic (exact) mass is 495 g/mol. The first-order valence-corrected chi connectivity index (χ1v) is 12.5. The molecule has 1 aliphatic rings. The predicted molar refractivity (Wildman–Crippen MR) is 131 cm³/mol. The van der Waals surface area contributed by atoms with Crippen LogP contribution in [-0.2, 0) is 11.3 Å². The number of fused-ring (bicyclic) bond motifs is 1.